The highest BCUT2D eigenvalue weighted by atomic mass is 35.5. The van der Waals surface area contributed by atoms with Crippen LogP contribution in [0.3, 0.4) is 0 Å². The topological polar surface area (TPSA) is 67.9 Å². The molecular formula is C15H16ClF3N2O4. The van der Waals surface area contributed by atoms with Crippen LogP contribution in [0.5, 0.6) is 5.75 Å². The third-order valence-electron chi connectivity index (χ3n) is 3.43. The van der Waals surface area contributed by atoms with Crippen LogP contribution in [-0.4, -0.2) is 37.0 Å². The molecule has 1 aromatic carbocycles. The van der Waals surface area contributed by atoms with E-state index >= 15 is 0 Å². The van der Waals surface area contributed by atoms with Gasteiger partial charge in [0.1, 0.15) is 12.5 Å². The van der Waals surface area contributed by atoms with Crippen LogP contribution in [0.15, 0.2) is 24.3 Å². The minimum absolute atomic E-state index is 0.0419. The molecule has 6 nitrogen and oxygen atoms in total. The number of nitrogens with one attached hydrogen (secondary N) is 1. The molecule has 1 saturated heterocycles. The Hall–Kier alpha value is -2.00. The first-order valence-electron chi connectivity index (χ1n) is 7.19. The van der Waals surface area contributed by atoms with Crippen molar-refractivity contribution < 1.29 is 32.2 Å². The molecule has 0 aliphatic carbocycles. The van der Waals surface area contributed by atoms with Crippen molar-refractivity contribution in [1.82, 2.24) is 5.32 Å². The van der Waals surface area contributed by atoms with Gasteiger partial charge < -0.3 is 14.8 Å². The summed E-state index contributed by atoms with van der Waals surface area (Å²) in [5.74, 6) is -1.51. The number of benzene rings is 1. The van der Waals surface area contributed by atoms with Crippen molar-refractivity contribution in [3.05, 3.63) is 24.3 Å². The van der Waals surface area contributed by atoms with Gasteiger partial charge in [-0.1, -0.05) is 6.07 Å². The summed E-state index contributed by atoms with van der Waals surface area (Å²) in [6.07, 6.45) is -6.07. The van der Waals surface area contributed by atoms with Crippen molar-refractivity contribution in [2.75, 3.05) is 17.5 Å². The minimum Gasteiger partial charge on any atom is -0.406 e. The van der Waals surface area contributed by atoms with E-state index in [0.29, 0.717) is 0 Å². The Morgan fingerprint density at radius 3 is 2.72 bits per heavy atom. The van der Waals surface area contributed by atoms with Crippen LogP contribution < -0.4 is 15.0 Å². The fraction of sp³-hybridized carbons (Fsp3) is 0.467. The summed E-state index contributed by atoms with van der Waals surface area (Å²) in [6, 6.07) is 4.91. The predicted molar refractivity (Wildman–Crippen MR) is 83.0 cm³/mol. The van der Waals surface area contributed by atoms with Crippen molar-refractivity contribution in [3.8, 4) is 5.75 Å². The maximum atomic E-state index is 12.3. The van der Waals surface area contributed by atoms with Gasteiger partial charge in [0.2, 0.25) is 12.1 Å². The summed E-state index contributed by atoms with van der Waals surface area (Å²) in [7, 11) is 0. The second-order valence-electron chi connectivity index (χ2n) is 5.98. The molecule has 0 radical (unpaired) electrons. The average molecular weight is 381 g/mol. The number of hydrogen-bond acceptors (Lipinski definition) is 4. The summed E-state index contributed by atoms with van der Waals surface area (Å²) < 4.78 is 45.9. The van der Waals surface area contributed by atoms with E-state index in [1.807, 2.05) is 0 Å². The number of halogens is 4. The molecule has 2 rings (SSSR count). The fourth-order valence-electron chi connectivity index (χ4n) is 1.95. The molecule has 0 aromatic heterocycles. The number of alkyl halides is 4. The zero-order valence-corrected chi connectivity index (χ0v) is 14.1. The van der Waals surface area contributed by atoms with Gasteiger partial charge >= 0.3 is 6.36 Å². The summed E-state index contributed by atoms with van der Waals surface area (Å²) in [4.78, 5) is 25.5. The zero-order valence-electron chi connectivity index (χ0n) is 13.4. The second kappa shape index (κ2) is 7.09. The maximum Gasteiger partial charge on any atom is 0.573 e. The molecule has 2 amide bonds. The van der Waals surface area contributed by atoms with Crippen LogP contribution in [-0.2, 0) is 14.3 Å². The standard InChI is InChI=1S/C15H16ClF3N2O4/c1-14(2,7-16)13(23)20-11-12(22)21(8-24-11)9-4-3-5-10(6-9)25-15(17,18)19/h3-6,11H,7-8H2,1-2H3,(H,20,23). The molecule has 1 N–H and O–H groups in total. The molecule has 10 heteroatoms. The average Bonchev–Trinajstić information content (AvgIpc) is 2.87. The molecule has 1 aliphatic heterocycles. The number of hydrogen-bond donors (Lipinski definition) is 1. The zero-order chi connectivity index (χ0) is 18.8. The molecule has 138 valence electrons. The van der Waals surface area contributed by atoms with Gasteiger partial charge in [-0.2, -0.15) is 0 Å². The van der Waals surface area contributed by atoms with Gasteiger partial charge in [0, 0.05) is 17.6 Å². The number of anilines is 1. The Balaban J connectivity index is 2.09. The number of ether oxygens (including phenoxy) is 2. The first-order chi connectivity index (χ1) is 11.5. The molecule has 0 saturated carbocycles. The highest BCUT2D eigenvalue weighted by Crippen LogP contribution is 2.28. The molecule has 1 aliphatic rings. The van der Waals surface area contributed by atoms with E-state index in [0.717, 1.165) is 17.0 Å². The van der Waals surface area contributed by atoms with Crippen molar-refractivity contribution in [2.24, 2.45) is 5.41 Å². The molecule has 1 unspecified atom stereocenters. The van der Waals surface area contributed by atoms with Crippen LogP contribution in [0.2, 0.25) is 0 Å². The smallest absolute Gasteiger partial charge is 0.406 e. The molecule has 0 spiro atoms. The van der Waals surface area contributed by atoms with E-state index in [9.17, 15) is 22.8 Å². The molecule has 1 heterocycles. The highest BCUT2D eigenvalue weighted by molar-refractivity contribution is 6.20. The lowest BCUT2D eigenvalue weighted by Crippen LogP contribution is -2.47. The van der Waals surface area contributed by atoms with Gasteiger partial charge in [-0.05, 0) is 26.0 Å². The van der Waals surface area contributed by atoms with Crippen LogP contribution >= 0.6 is 11.6 Å². The van der Waals surface area contributed by atoms with Gasteiger partial charge in [-0.25, -0.2) is 0 Å². The lowest BCUT2D eigenvalue weighted by atomic mass is 9.95. The van der Waals surface area contributed by atoms with Gasteiger partial charge in [0.15, 0.2) is 0 Å². The number of nitrogens with zero attached hydrogens (tertiary/aromatic N) is 1. The van der Waals surface area contributed by atoms with Crippen LogP contribution in [0, 0.1) is 5.41 Å². The number of amides is 2. The Morgan fingerprint density at radius 1 is 1.44 bits per heavy atom. The molecule has 1 atom stereocenters. The quantitative estimate of drug-likeness (QED) is 0.797. The van der Waals surface area contributed by atoms with Gasteiger partial charge in [-0.15, -0.1) is 24.8 Å². The van der Waals surface area contributed by atoms with E-state index in [2.05, 4.69) is 10.1 Å². The number of carbonyl (C=O) groups excluding carboxylic acids is 2. The van der Waals surface area contributed by atoms with Crippen LogP contribution in [0.25, 0.3) is 0 Å². The normalized spacial score (nSPS) is 18.4. The van der Waals surface area contributed by atoms with Crippen molar-refractivity contribution in [3.63, 3.8) is 0 Å². The van der Waals surface area contributed by atoms with Crippen molar-refractivity contribution in [2.45, 2.75) is 26.4 Å². The predicted octanol–water partition coefficient (Wildman–Crippen LogP) is 2.61. The number of carbonyl (C=O) groups is 2. The van der Waals surface area contributed by atoms with Gasteiger partial charge in [0.05, 0.1) is 5.41 Å². The Kier molecular flexibility index (Phi) is 5.48. The monoisotopic (exact) mass is 380 g/mol. The fourth-order valence-corrected chi connectivity index (χ4v) is 2.08. The molecular weight excluding hydrogens is 365 g/mol. The minimum atomic E-state index is -4.84. The Bertz CT molecular complexity index is 666. The lowest BCUT2D eigenvalue weighted by molar-refractivity contribution is -0.274. The number of rotatable bonds is 5. The third kappa shape index (κ3) is 4.76. The first-order valence-corrected chi connectivity index (χ1v) is 7.73. The van der Waals surface area contributed by atoms with E-state index < -0.39 is 35.6 Å². The highest BCUT2D eigenvalue weighted by Gasteiger charge is 2.38. The maximum absolute atomic E-state index is 12.3. The Labute approximate surface area is 146 Å². The summed E-state index contributed by atoms with van der Waals surface area (Å²) >= 11 is 5.70. The third-order valence-corrected chi connectivity index (χ3v) is 4.10. The molecule has 25 heavy (non-hydrogen) atoms. The molecule has 0 bridgehead atoms. The van der Waals surface area contributed by atoms with Crippen molar-refractivity contribution in [1.29, 1.82) is 0 Å². The van der Waals surface area contributed by atoms with Crippen LogP contribution in [0.1, 0.15) is 13.8 Å². The first kappa shape index (κ1) is 19.3. The summed E-state index contributed by atoms with van der Waals surface area (Å²) in [5, 5.41) is 2.42. The Morgan fingerprint density at radius 2 is 2.12 bits per heavy atom. The van der Waals surface area contributed by atoms with E-state index in [1.54, 1.807) is 13.8 Å². The molecule has 1 fully saturated rings. The SMILES string of the molecule is CC(C)(CCl)C(=O)NC1OCN(c2cccc(OC(F)(F)F)c2)C1=O. The summed E-state index contributed by atoms with van der Waals surface area (Å²) in [6.45, 7) is 2.98. The largest absolute Gasteiger partial charge is 0.573 e. The van der Waals surface area contributed by atoms with Crippen LogP contribution in [0.4, 0.5) is 18.9 Å². The second-order valence-corrected chi connectivity index (χ2v) is 6.25. The van der Waals surface area contributed by atoms with Gasteiger partial charge in [0.25, 0.3) is 5.91 Å². The van der Waals surface area contributed by atoms with E-state index in [4.69, 9.17) is 16.3 Å². The van der Waals surface area contributed by atoms with Gasteiger partial charge in [-0.3, -0.25) is 14.5 Å². The summed E-state index contributed by atoms with van der Waals surface area (Å²) in [5.41, 5.74) is -0.751. The van der Waals surface area contributed by atoms with Crippen molar-refractivity contribution >= 4 is 29.1 Å². The lowest BCUT2D eigenvalue weighted by Gasteiger charge is -2.22. The van der Waals surface area contributed by atoms with E-state index in [1.165, 1.54) is 12.1 Å². The molecule has 1 aromatic rings. The van der Waals surface area contributed by atoms with E-state index in [-0.39, 0.29) is 18.3 Å².